The van der Waals surface area contributed by atoms with Crippen LogP contribution in [0, 0.1) is 6.92 Å². The van der Waals surface area contributed by atoms with Crippen LogP contribution in [0.5, 0.6) is 5.75 Å². The fourth-order valence-electron chi connectivity index (χ4n) is 4.21. The molecule has 0 saturated heterocycles. The van der Waals surface area contributed by atoms with Crippen LogP contribution in [0.4, 0.5) is 0 Å². The van der Waals surface area contributed by atoms with E-state index in [0.717, 1.165) is 18.1 Å². The van der Waals surface area contributed by atoms with Gasteiger partial charge in [0.15, 0.2) is 38.1 Å². The third-order valence-electron chi connectivity index (χ3n) is 6.66. The second kappa shape index (κ2) is 17.3. The monoisotopic (exact) mass is 776 g/mol. The molecule has 0 spiro atoms. The molecule has 3 aromatic rings. The van der Waals surface area contributed by atoms with Crippen molar-refractivity contribution in [3.8, 4) is 5.75 Å². The standard InChI is InChI=1S/C26H30N4O13P2S2.2Na/c1-17-15-30(25(46-17)28-24(32)22-23(31)20-9-3-4-10-21(20)47(40,41)29(22)2)11-6-12-42-19-8-5-7-18(13-19)14-27-43-16-26(33,44(34,35)36)45(37,38)39;;/h3-5,7-10,13-15,31,33H,6,11-12,16H2,1-2H3,(H2,34,35,36)(H2,37,38,39);;/q;2*+1/p-2/b27-14+,28-25?;;. The second-order valence-corrected chi connectivity index (χ2v) is 17.1. The Morgan fingerprint density at radius 3 is 2.41 bits per heavy atom. The Morgan fingerprint density at radius 2 is 1.76 bits per heavy atom. The first-order chi connectivity index (χ1) is 21.9. The largest absolute Gasteiger partial charge is 1.00 e. The number of carbonyl (C=O) groups excluding carboxylic acids is 1. The van der Waals surface area contributed by atoms with Crippen molar-refractivity contribution in [1.82, 2.24) is 8.87 Å². The molecule has 4 rings (SSSR count). The number of nitrogens with zero attached hydrogens (tertiary/aromatic N) is 4. The van der Waals surface area contributed by atoms with Crippen molar-refractivity contribution in [2.45, 2.75) is 29.9 Å². The van der Waals surface area contributed by atoms with Gasteiger partial charge in [-0.2, -0.15) is 4.99 Å². The average Bonchev–Trinajstić information content (AvgIpc) is 3.34. The van der Waals surface area contributed by atoms with E-state index in [-0.39, 0.29) is 81.0 Å². The zero-order valence-electron chi connectivity index (χ0n) is 26.6. The zero-order valence-corrected chi connectivity index (χ0v) is 34.0. The average molecular weight is 777 g/mol. The molecule has 0 aliphatic carbocycles. The Bertz CT molecular complexity index is 2000. The number of sulfonamides is 1. The summed E-state index contributed by atoms with van der Waals surface area (Å²) < 4.78 is 56.5. The van der Waals surface area contributed by atoms with E-state index in [2.05, 4.69) is 15.0 Å². The van der Waals surface area contributed by atoms with E-state index in [1.807, 2.05) is 0 Å². The molecule has 4 N–H and O–H groups in total. The first-order valence-electron chi connectivity index (χ1n) is 13.3. The summed E-state index contributed by atoms with van der Waals surface area (Å²) in [5.74, 6) is -1.07. The Hall–Kier alpha value is -1.64. The number of hydrogen-bond donors (Lipinski definition) is 4. The van der Waals surface area contributed by atoms with Crippen LogP contribution >= 0.6 is 26.5 Å². The molecular formula is C26H28N4Na2O13P2S2. The van der Waals surface area contributed by atoms with E-state index >= 15 is 0 Å². The first kappa shape index (κ1) is 43.5. The van der Waals surface area contributed by atoms with Gasteiger partial charge in [-0.1, -0.05) is 29.4 Å². The Balaban J connectivity index is 0.00000417. The number of oxime groups is 1. The van der Waals surface area contributed by atoms with Gasteiger partial charge in [0.1, 0.15) is 5.75 Å². The molecule has 1 aromatic heterocycles. The van der Waals surface area contributed by atoms with Crippen LogP contribution in [-0.4, -0.2) is 74.8 Å². The summed E-state index contributed by atoms with van der Waals surface area (Å²) >= 11 is 1.19. The van der Waals surface area contributed by atoms with E-state index in [1.165, 1.54) is 41.7 Å². The summed E-state index contributed by atoms with van der Waals surface area (Å²) in [5.41, 5.74) is -0.125. The van der Waals surface area contributed by atoms with Gasteiger partial charge >= 0.3 is 65.0 Å². The predicted molar refractivity (Wildman–Crippen MR) is 163 cm³/mol. The van der Waals surface area contributed by atoms with Gasteiger partial charge in [0.2, 0.25) is 5.08 Å². The van der Waals surface area contributed by atoms with Crippen molar-refractivity contribution in [2.24, 2.45) is 10.1 Å². The van der Waals surface area contributed by atoms with Gasteiger partial charge in [0.25, 0.3) is 10.0 Å². The number of likely N-dealkylation sites (N-methyl/N-ethyl adjacent to an activating group) is 1. The van der Waals surface area contributed by atoms with Gasteiger partial charge < -0.3 is 53.1 Å². The second-order valence-electron chi connectivity index (χ2n) is 10.00. The molecule has 1 amide bonds. The first-order valence-corrected chi connectivity index (χ1v) is 18.7. The van der Waals surface area contributed by atoms with E-state index in [1.54, 1.807) is 35.9 Å². The number of amides is 1. The number of thiazole rings is 1. The summed E-state index contributed by atoms with van der Waals surface area (Å²) in [4.78, 5) is 63.2. The molecule has 1 aliphatic rings. The SMILES string of the molecule is Cc1cn(CCCOc2cccc(/C=N/OCC(O)(P(=O)([O-])O)P(=O)([O-])O)c2)c(=NC(=O)C2=C(O)c3ccccc3S(=O)(=O)N2C)s1.[Na+].[Na+]. The minimum Gasteiger partial charge on any atom is -0.776 e. The van der Waals surface area contributed by atoms with Crippen molar-refractivity contribution in [3.05, 3.63) is 81.2 Å². The number of aliphatic hydroxyl groups excluding tert-OH is 1. The number of hydrogen-bond acceptors (Lipinski definition) is 13. The van der Waals surface area contributed by atoms with Gasteiger partial charge in [0, 0.05) is 30.2 Å². The third-order valence-corrected chi connectivity index (χ3v) is 13.0. The fourth-order valence-corrected chi connectivity index (χ4v) is 8.18. The van der Waals surface area contributed by atoms with Crippen molar-refractivity contribution in [1.29, 1.82) is 0 Å². The normalized spacial score (nSPS) is 17.9. The minimum absolute atomic E-state index is 0. The van der Waals surface area contributed by atoms with Gasteiger partial charge in [0.05, 0.1) is 17.7 Å². The Morgan fingerprint density at radius 1 is 1.10 bits per heavy atom. The molecule has 0 fully saturated rings. The summed E-state index contributed by atoms with van der Waals surface area (Å²) in [6.07, 6.45) is 3.22. The molecule has 1 aliphatic heterocycles. The molecule has 2 unspecified atom stereocenters. The molecule has 0 radical (unpaired) electrons. The van der Waals surface area contributed by atoms with Gasteiger partial charge in [-0.25, -0.2) is 8.42 Å². The maximum atomic E-state index is 13.2. The van der Waals surface area contributed by atoms with Crippen LogP contribution in [-0.2, 0) is 35.3 Å². The van der Waals surface area contributed by atoms with Crippen molar-refractivity contribution in [3.63, 3.8) is 0 Å². The summed E-state index contributed by atoms with van der Waals surface area (Å²) in [6, 6.07) is 12.0. The van der Waals surface area contributed by atoms with Gasteiger partial charge in [-0.05, 0) is 43.2 Å². The molecule has 254 valence electrons. The van der Waals surface area contributed by atoms with E-state index in [9.17, 15) is 42.3 Å². The number of aryl methyl sites for hydroxylation is 2. The van der Waals surface area contributed by atoms with Gasteiger partial charge in [-0.3, -0.25) is 9.10 Å². The van der Waals surface area contributed by atoms with Crippen LogP contribution in [0.25, 0.3) is 5.76 Å². The summed E-state index contributed by atoms with van der Waals surface area (Å²) in [5, 5.41) is 19.8. The van der Waals surface area contributed by atoms with Crippen LogP contribution in [0.3, 0.4) is 0 Å². The maximum absolute atomic E-state index is 13.2. The van der Waals surface area contributed by atoms with Crippen LogP contribution < -0.4 is 78.4 Å². The van der Waals surface area contributed by atoms with Crippen molar-refractivity contribution >= 4 is 54.4 Å². The number of aliphatic hydroxyl groups is 2. The van der Waals surface area contributed by atoms with Crippen molar-refractivity contribution < 1.29 is 121 Å². The van der Waals surface area contributed by atoms with Crippen molar-refractivity contribution in [2.75, 3.05) is 20.3 Å². The number of ether oxygens (including phenoxy) is 1. The topological polar surface area (TPSA) is 264 Å². The quantitative estimate of drug-likeness (QED) is 0.0440. The molecule has 2 atom stereocenters. The number of carbonyl (C=O) groups is 1. The molecule has 2 aromatic carbocycles. The molecule has 2 heterocycles. The Kier molecular flexibility index (Phi) is 15.3. The number of aromatic nitrogens is 1. The zero-order chi connectivity index (χ0) is 34.8. The molecule has 0 saturated carbocycles. The molecule has 0 bridgehead atoms. The Labute approximate surface area is 328 Å². The van der Waals surface area contributed by atoms with E-state index in [0.29, 0.717) is 28.6 Å². The van der Waals surface area contributed by atoms with Crippen LogP contribution in [0.15, 0.2) is 75.5 Å². The number of benzene rings is 2. The number of fused-ring (bicyclic) bond motifs is 1. The third kappa shape index (κ3) is 9.83. The summed E-state index contributed by atoms with van der Waals surface area (Å²) in [7, 11) is -14.9. The smallest absolute Gasteiger partial charge is 0.776 e. The van der Waals surface area contributed by atoms with E-state index in [4.69, 9.17) is 14.5 Å². The fraction of sp³-hybridized carbons (Fsp3) is 0.269. The molecule has 49 heavy (non-hydrogen) atoms. The molecule has 17 nitrogen and oxygen atoms in total. The summed E-state index contributed by atoms with van der Waals surface area (Å²) in [6.45, 7) is 0.734. The number of rotatable bonds is 12. The minimum atomic E-state index is -6.00. The van der Waals surface area contributed by atoms with Gasteiger partial charge in [-0.15, -0.1) is 11.3 Å². The maximum Gasteiger partial charge on any atom is 1.00 e. The van der Waals surface area contributed by atoms with Crippen LogP contribution in [0.2, 0.25) is 0 Å². The molecular weight excluding hydrogens is 748 g/mol. The molecule has 23 heteroatoms. The van der Waals surface area contributed by atoms with E-state index < -0.39 is 54.3 Å². The predicted octanol–water partition coefficient (Wildman–Crippen LogP) is -5.59. The van der Waals surface area contributed by atoms with Crippen LogP contribution in [0.1, 0.15) is 22.4 Å².